The van der Waals surface area contributed by atoms with Gasteiger partial charge in [-0.15, -0.1) is 0 Å². The van der Waals surface area contributed by atoms with Gasteiger partial charge in [-0.1, -0.05) is 91.7 Å². The molecule has 7 rings (SSSR count). The molecule has 13 atom stereocenters. The van der Waals surface area contributed by atoms with Crippen molar-refractivity contribution >= 4 is 140 Å². The molecule has 0 bridgehead atoms. The third-order valence-corrected chi connectivity index (χ3v) is 23.5. The van der Waals surface area contributed by atoms with Crippen LogP contribution in [0.25, 0.3) is 0 Å². The smallest absolute Gasteiger partial charge is 0.327 e. The van der Waals surface area contributed by atoms with Gasteiger partial charge in [-0.05, 0) is 119 Å². The number of carboxylic acids is 2. The van der Waals surface area contributed by atoms with Crippen LogP contribution in [-0.4, -0.2) is 296 Å². The first-order valence-electron chi connectivity index (χ1n) is 40.9. The summed E-state index contributed by atoms with van der Waals surface area (Å²) in [5, 5.41) is 59.9. The number of primary amides is 2. The van der Waals surface area contributed by atoms with Gasteiger partial charge in [0.15, 0.2) is 0 Å². The number of carbonyl (C=O) groups is 20. The van der Waals surface area contributed by atoms with E-state index in [9.17, 15) is 106 Å². The molecule has 44 heteroatoms. The number of amides is 18. The number of rotatable bonds is 18. The van der Waals surface area contributed by atoms with Gasteiger partial charge >= 0.3 is 11.9 Å². The van der Waals surface area contributed by atoms with Crippen LogP contribution in [0.2, 0.25) is 0 Å². The zero-order valence-corrected chi connectivity index (χ0v) is 70.6. The first kappa shape index (κ1) is 98.4. The molecule has 0 aliphatic carbocycles. The summed E-state index contributed by atoms with van der Waals surface area (Å²) in [7, 11) is 1.83. The van der Waals surface area contributed by atoms with E-state index in [4.69, 9.17) is 17.2 Å². The molecule has 5 aliphatic heterocycles. The predicted molar refractivity (Wildman–Crippen MR) is 442 cm³/mol. The number of fused-ring (bicyclic) bond motifs is 4. The quantitative estimate of drug-likeness (QED) is 0.0620. The number of phenolic OH excluding ortho intramolecular Hbond substituents is 1. The Labute approximate surface area is 717 Å². The maximum Gasteiger partial charge on any atom is 0.327 e. The van der Waals surface area contributed by atoms with Gasteiger partial charge in [0.25, 0.3) is 0 Å². The number of carbonyl (C=O) groups excluding carboxylic acids is 18. The minimum atomic E-state index is -1.68. The minimum Gasteiger partial charge on any atom is -0.508 e. The maximum atomic E-state index is 15.2. The van der Waals surface area contributed by atoms with Crippen LogP contribution in [0.3, 0.4) is 0 Å². The standard InChI is InChI=1S/C79H113N19O23S2/c1-42(2)32-51-70(111)90-49(22-25-60(81)100)75(116)96-29-9-17-59(96)74(115)94-54(35-44-12-6-5-7-13-44)78(119)98-31-10-15-57(98)72(113)91-50(23-26-61(82)101)76(117)95-28-8-14-56(95)71(112)89-48(24-27-66(106)107)69(110)93-53(33-43(3)4)77(118)97-30-11-16-58(97)73(114)92-52(34-45-18-20-46(99)21-19-45)68(109)86-37-63(103)84-39-65(105)88-55(79(120)121)41-123-122-40-47(80)67(108)85-36-62(102)83-38-64(104)87-51/h5-7,12-13,18-21,42-43,47-59,99H,8-11,14-17,22-41,80H2,1-4H3,(H2,81,100)(H2,82,101)(H,83,102)(H,84,103)(H,85,108)(H,86,109)(H,87,104)(H,88,105)(H,89,112)(H,90,111)(H,91,113)(H,92,114)(H,93,110)(H,94,115)(H,106,107)(H,120,121)/t47-,48+,49+,50+,51+,52+,53+,54+,55-,56+,57+,58+,59+/m1/s1. The molecule has 42 nitrogen and oxygen atoms in total. The van der Waals surface area contributed by atoms with Crippen molar-refractivity contribution in [1.29, 1.82) is 0 Å². The number of benzene rings is 2. The van der Waals surface area contributed by atoms with Crippen molar-refractivity contribution in [3.05, 3.63) is 65.7 Å². The molecule has 5 heterocycles. The minimum absolute atomic E-state index is 0.0221. The van der Waals surface area contributed by atoms with E-state index in [1.54, 1.807) is 58.0 Å². The predicted octanol–water partition coefficient (Wildman–Crippen LogP) is -5.22. The van der Waals surface area contributed by atoms with Crippen LogP contribution in [0.15, 0.2) is 54.6 Å². The summed E-state index contributed by atoms with van der Waals surface area (Å²) < 4.78 is 0. The molecule has 0 radical (unpaired) electrons. The van der Waals surface area contributed by atoms with Gasteiger partial charge in [-0.2, -0.15) is 0 Å². The van der Waals surface area contributed by atoms with Gasteiger partial charge in [0.05, 0.1) is 32.2 Å². The topological polar surface area (TPSA) is 637 Å². The number of aromatic hydroxyl groups is 1. The second-order valence-corrected chi connectivity index (χ2v) is 34.2. The SMILES string of the molecule is CC(C)C[C@@H]1NC(=O)CNC(=O)CNC(=O)[C@H](N)CSSC[C@H](C(=O)O)NC(=O)CNC(=O)CNC(=O)[C@H](Cc2ccc(O)cc2)NC(=O)[C@@H]2CCCN2C(=O)[C@H](CC(C)C)NC(=O)[C@H](CCC(=O)O)NC(=O)[C@@H]2CCCN2C(=O)[C@H](CCC(N)=O)NC(=O)[C@@H]2CCCN2C(=O)[C@H](Cc2ccccc2)NC(=O)[C@@H]2CCCN2C(=O)[C@H](CCC(N)=O)NC1=O. The molecule has 123 heavy (non-hydrogen) atoms. The highest BCUT2D eigenvalue weighted by atomic mass is 33.1. The Bertz CT molecular complexity index is 4190. The van der Waals surface area contributed by atoms with Gasteiger partial charge in [0, 0.05) is 69.8 Å². The van der Waals surface area contributed by atoms with Crippen LogP contribution in [-0.2, 0) is 109 Å². The normalized spacial score (nSPS) is 26.3. The lowest BCUT2D eigenvalue weighted by atomic mass is 10.0. The second-order valence-electron chi connectivity index (χ2n) is 31.6. The fourth-order valence-electron chi connectivity index (χ4n) is 14.8. The molecule has 2 aromatic carbocycles. The lowest BCUT2D eigenvalue weighted by Crippen LogP contribution is -2.60. The van der Waals surface area contributed by atoms with E-state index >= 15 is 4.79 Å². The third kappa shape index (κ3) is 31.0. The lowest BCUT2D eigenvalue weighted by molar-refractivity contribution is -0.146. The summed E-state index contributed by atoms with van der Waals surface area (Å²) in [6.07, 6.45) is -2.37. The first-order valence-corrected chi connectivity index (χ1v) is 43.4. The van der Waals surface area contributed by atoms with E-state index in [-0.39, 0.29) is 139 Å². The summed E-state index contributed by atoms with van der Waals surface area (Å²) in [4.78, 5) is 281. The average Bonchev–Trinajstić information content (AvgIpc) is 1.70. The highest BCUT2D eigenvalue weighted by Crippen LogP contribution is 2.28. The molecule has 0 spiro atoms. The Balaban J connectivity index is 1.15. The van der Waals surface area contributed by atoms with E-state index in [1.165, 1.54) is 39.0 Å². The van der Waals surface area contributed by atoms with E-state index < -0.39 is 255 Å². The number of hydrogen-bond donors (Lipinski definition) is 18. The van der Waals surface area contributed by atoms with E-state index in [1.807, 2.05) is 0 Å². The molecule has 0 saturated carbocycles. The lowest BCUT2D eigenvalue weighted by Gasteiger charge is -2.33. The van der Waals surface area contributed by atoms with Crippen molar-refractivity contribution in [2.24, 2.45) is 29.0 Å². The number of nitrogens with zero attached hydrogens (tertiary/aromatic N) is 4. The van der Waals surface area contributed by atoms with Gasteiger partial charge in [-0.25, -0.2) is 4.79 Å². The van der Waals surface area contributed by atoms with Crippen LogP contribution >= 0.6 is 21.6 Å². The molecule has 674 valence electrons. The van der Waals surface area contributed by atoms with Crippen molar-refractivity contribution in [3.8, 4) is 5.75 Å². The molecule has 5 aliphatic rings. The van der Waals surface area contributed by atoms with Crippen molar-refractivity contribution in [2.45, 2.75) is 222 Å². The summed E-state index contributed by atoms with van der Waals surface area (Å²) in [5.74, 6) is -19.8. The van der Waals surface area contributed by atoms with Gasteiger partial charge in [-0.3, -0.25) is 91.1 Å². The van der Waals surface area contributed by atoms with Crippen LogP contribution in [0, 0.1) is 11.8 Å². The van der Waals surface area contributed by atoms with E-state index in [2.05, 4.69) is 63.8 Å². The fourth-order valence-corrected chi connectivity index (χ4v) is 17.1. The van der Waals surface area contributed by atoms with E-state index in [0.29, 0.717) is 11.1 Å². The highest BCUT2D eigenvalue weighted by Gasteiger charge is 2.46. The fraction of sp³-hybridized carbons (Fsp3) is 0.595. The molecule has 5 fully saturated rings. The van der Waals surface area contributed by atoms with E-state index in [0.717, 1.165) is 26.5 Å². The van der Waals surface area contributed by atoms with Crippen molar-refractivity contribution in [2.75, 3.05) is 63.9 Å². The number of nitrogens with two attached hydrogens (primary N) is 3. The van der Waals surface area contributed by atoms with Crippen molar-refractivity contribution in [3.63, 3.8) is 0 Å². The summed E-state index contributed by atoms with van der Waals surface area (Å²) in [5.41, 5.74) is 18.2. The Morgan fingerprint density at radius 2 is 0.764 bits per heavy atom. The van der Waals surface area contributed by atoms with Crippen LogP contribution in [0.4, 0.5) is 0 Å². The molecule has 0 aromatic heterocycles. The Morgan fingerprint density at radius 3 is 1.23 bits per heavy atom. The molecule has 18 amide bonds. The number of phenols is 1. The third-order valence-electron chi connectivity index (χ3n) is 21.1. The molecule has 21 N–H and O–H groups in total. The Morgan fingerprint density at radius 1 is 0.398 bits per heavy atom. The summed E-state index contributed by atoms with van der Waals surface area (Å²) >= 11 is 0. The molecular formula is C79H113N19O23S2. The second kappa shape index (κ2) is 48.2. The first-order chi connectivity index (χ1) is 58.4. The molecule has 0 unspecified atom stereocenters. The average molecular weight is 1760 g/mol. The number of nitrogens with one attached hydrogen (secondary N) is 12. The Kier molecular flexibility index (Phi) is 38.6. The highest BCUT2D eigenvalue weighted by molar-refractivity contribution is 8.76. The zero-order chi connectivity index (χ0) is 90.3. The Hall–Kier alpha value is -11.7. The molecule has 5 saturated heterocycles. The van der Waals surface area contributed by atoms with Gasteiger partial charge < -0.3 is 116 Å². The van der Waals surface area contributed by atoms with Crippen LogP contribution in [0.1, 0.15) is 142 Å². The van der Waals surface area contributed by atoms with Gasteiger partial charge in [0.1, 0.15) is 78.3 Å². The number of carboxylic acid groups (broad SMARTS) is 2. The molecule has 2 aromatic rings. The monoisotopic (exact) mass is 1760 g/mol. The van der Waals surface area contributed by atoms with Crippen molar-refractivity contribution in [1.82, 2.24) is 83.4 Å². The summed E-state index contributed by atoms with van der Waals surface area (Å²) in [6, 6.07) is -4.52. The number of aliphatic carboxylic acids is 2. The van der Waals surface area contributed by atoms with Gasteiger partial charge in [0.2, 0.25) is 106 Å². The molecular weight excluding hydrogens is 1650 g/mol. The summed E-state index contributed by atoms with van der Waals surface area (Å²) in [6.45, 7) is 3.73. The number of hydrogen-bond acceptors (Lipinski definition) is 24. The van der Waals surface area contributed by atoms with Crippen molar-refractivity contribution < 1.29 is 111 Å². The van der Waals surface area contributed by atoms with Crippen LogP contribution in [0.5, 0.6) is 5.75 Å². The largest absolute Gasteiger partial charge is 0.508 e. The maximum absolute atomic E-state index is 15.2. The zero-order valence-electron chi connectivity index (χ0n) is 69.0. The van der Waals surface area contributed by atoms with Crippen LogP contribution < -0.4 is 81.0 Å².